The fourth-order valence-electron chi connectivity index (χ4n) is 5.80. The molecule has 1 amide bonds. The summed E-state index contributed by atoms with van der Waals surface area (Å²) in [5.41, 5.74) is 0.817. The predicted octanol–water partition coefficient (Wildman–Crippen LogP) is 3.65. The lowest BCUT2D eigenvalue weighted by atomic mass is 9.85. The smallest absolute Gasteiger partial charge is 0.243 e. The van der Waals surface area contributed by atoms with Crippen LogP contribution in [0.3, 0.4) is 0 Å². The van der Waals surface area contributed by atoms with E-state index in [0.29, 0.717) is 12.5 Å². The molecule has 3 saturated heterocycles. The molecule has 3 aliphatic heterocycles. The highest BCUT2D eigenvalue weighted by Crippen LogP contribution is 2.56. The minimum Gasteiger partial charge on any atom is -0.464 e. The number of aryl methyl sites for hydroxylation is 1. The predicted molar refractivity (Wildman–Crippen MR) is 118 cm³/mol. The van der Waals surface area contributed by atoms with Gasteiger partial charge in [-0.15, -0.1) is 0 Å². The van der Waals surface area contributed by atoms with Crippen LogP contribution in [-0.2, 0) is 11.3 Å². The van der Waals surface area contributed by atoms with Gasteiger partial charge >= 0.3 is 0 Å². The van der Waals surface area contributed by atoms with E-state index >= 15 is 0 Å². The largest absolute Gasteiger partial charge is 0.464 e. The van der Waals surface area contributed by atoms with Gasteiger partial charge in [-0.3, -0.25) is 9.69 Å². The zero-order valence-corrected chi connectivity index (χ0v) is 18.5. The maximum atomic E-state index is 13.6. The number of aliphatic hydroxyl groups is 1. The summed E-state index contributed by atoms with van der Waals surface area (Å²) < 4.78 is 5.73. The first-order valence-corrected chi connectivity index (χ1v) is 11.2. The molecule has 1 spiro atoms. The van der Waals surface area contributed by atoms with E-state index in [1.54, 1.807) is 13.8 Å². The lowest BCUT2D eigenvalue weighted by Crippen LogP contribution is -2.49. The molecular formula is C26H30N2O3. The zero-order valence-electron chi connectivity index (χ0n) is 18.5. The summed E-state index contributed by atoms with van der Waals surface area (Å²) in [7, 11) is 0. The molecule has 162 valence electrons. The monoisotopic (exact) mass is 418 g/mol. The van der Waals surface area contributed by atoms with Crippen LogP contribution in [0.5, 0.6) is 0 Å². The molecule has 3 fully saturated rings. The van der Waals surface area contributed by atoms with Crippen molar-refractivity contribution >= 4 is 5.91 Å². The molecule has 1 aromatic heterocycles. The van der Waals surface area contributed by atoms with Gasteiger partial charge in [-0.25, -0.2) is 0 Å². The van der Waals surface area contributed by atoms with Gasteiger partial charge in [0.05, 0.1) is 6.54 Å². The van der Waals surface area contributed by atoms with Crippen LogP contribution >= 0.6 is 0 Å². The molecule has 1 N–H and O–H groups in total. The summed E-state index contributed by atoms with van der Waals surface area (Å²) in [5, 5.41) is 9.82. The SMILES string of the molecule is Cc1ccc(CN2C[C@@H]3C[C@@H](c4ccc(C#CC(C)(C)O)cc4)N4CCC[C@@]34C2=O)o1. The summed E-state index contributed by atoms with van der Waals surface area (Å²) in [5.74, 6) is 8.30. The Morgan fingerprint density at radius 2 is 2.00 bits per heavy atom. The van der Waals surface area contributed by atoms with Crippen molar-refractivity contribution in [2.75, 3.05) is 13.1 Å². The summed E-state index contributed by atoms with van der Waals surface area (Å²) in [6, 6.07) is 12.5. The Morgan fingerprint density at radius 3 is 2.68 bits per heavy atom. The highest BCUT2D eigenvalue weighted by molar-refractivity contribution is 5.90. The Bertz CT molecular complexity index is 1050. The number of likely N-dealkylation sites (tertiary alicyclic amines) is 1. The van der Waals surface area contributed by atoms with Crippen LogP contribution in [0.1, 0.15) is 61.8 Å². The van der Waals surface area contributed by atoms with Gasteiger partial charge in [0.2, 0.25) is 5.91 Å². The van der Waals surface area contributed by atoms with E-state index in [1.165, 1.54) is 5.56 Å². The summed E-state index contributed by atoms with van der Waals surface area (Å²) in [6.45, 7) is 7.66. The molecule has 5 rings (SSSR count). The van der Waals surface area contributed by atoms with Crippen LogP contribution in [0.2, 0.25) is 0 Å². The van der Waals surface area contributed by atoms with Crippen LogP contribution in [0.15, 0.2) is 40.8 Å². The molecule has 5 heteroatoms. The summed E-state index contributed by atoms with van der Waals surface area (Å²) in [4.78, 5) is 18.1. The van der Waals surface area contributed by atoms with E-state index in [2.05, 4.69) is 28.9 Å². The van der Waals surface area contributed by atoms with Crippen LogP contribution in [-0.4, -0.2) is 45.0 Å². The number of rotatable bonds is 3. The fraction of sp³-hybridized carbons (Fsp3) is 0.500. The third-order valence-corrected chi connectivity index (χ3v) is 7.08. The molecule has 4 heterocycles. The van der Waals surface area contributed by atoms with E-state index in [4.69, 9.17) is 4.42 Å². The molecule has 0 radical (unpaired) electrons. The Kier molecular flexibility index (Phi) is 4.76. The number of furan rings is 1. The van der Waals surface area contributed by atoms with Crippen molar-refractivity contribution < 1.29 is 14.3 Å². The average Bonchev–Trinajstić information content (AvgIpc) is 3.45. The van der Waals surface area contributed by atoms with E-state index < -0.39 is 5.60 Å². The molecule has 0 unspecified atom stereocenters. The molecule has 31 heavy (non-hydrogen) atoms. The standard InChI is InChI=1S/C26H30N2O3/c1-18-5-10-22(31-18)17-27-16-21-15-23(28-14-4-12-26(21,28)24(27)29)20-8-6-19(7-9-20)11-13-25(2,3)30/h5-10,21,23,30H,4,12,14-17H2,1-3H3/t21-,23-,26-/m0/s1. The number of benzene rings is 1. The molecule has 0 bridgehead atoms. The van der Waals surface area contributed by atoms with Gasteiger partial charge in [-0.1, -0.05) is 24.0 Å². The fourth-order valence-corrected chi connectivity index (χ4v) is 5.80. The molecule has 2 aromatic rings. The normalized spacial score (nSPS) is 27.9. The highest BCUT2D eigenvalue weighted by atomic mass is 16.3. The van der Waals surface area contributed by atoms with Gasteiger partial charge in [0.15, 0.2) is 0 Å². The Labute approximate surface area is 184 Å². The number of hydrogen-bond donors (Lipinski definition) is 1. The topological polar surface area (TPSA) is 56.9 Å². The Hall–Kier alpha value is -2.55. The van der Waals surface area contributed by atoms with Crippen LogP contribution in [0.4, 0.5) is 0 Å². The Balaban J connectivity index is 1.36. The molecule has 3 aliphatic rings. The van der Waals surface area contributed by atoms with Crippen LogP contribution in [0.25, 0.3) is 0 Å². The number of carbonyl (C=O) groups is 1. The van der Waals surface area contributed by atoms with Crippen LogP contribution in [0, 0.1) is 24.7 Å². The highest BCUT2D eigenvalue weighted by Gasteiger charge is 2.65. The van der Waals surface area contributed by atoms with Crippen molar-refractivity contribution in [3.8, 4) is 11.8 Å². The average molecular weight is 419 g/mol. The van der Waals surface area contributed by atoms with Crippen molar-refractivity contribution in [3.05, 3.63) is 59.0 Å². The van der Waals surface area contributed by atoms with Crippen molar-refractivity contribution in [2.24, 2.45) is 5.92 Å². The Morgan fingerprint density at radius 1 is 1.23 bits per heavy atom. The first-order valence-electron chi connectivity index (χ1n) is 11.2. The van der Waals surface area contributed by atoms with E-state index in [-0.39, 0.29) is 17.5 Å². The minimum atomic E-state index is -0.996. The second-order valence-corrected chi connectivity index (χ2v) is 9.80. The summed E-state index contributed by atoms with van der Waals surface area (Å²) in [6.07, 6.45) is 3.03. The number of amides is 1. The van der Waals surface area contributed by atoms with Crippen molar-refractivity contribution in [1.29, 1.82) is 0 Å². The third kappa shape index (κ3) is 3.48. The third-order valence-electron chi connectivity index (χ3n) is 7.08. The molecule has 1 aromatic carbocycles. The van der Waals surface area contributed by atoms with Crippen molar-refractivity contribution in [1.82, 2.24) is 9.80 Å². The first kappa shape index (κ1) is 20.4. The van der Waals surface area contributed by atoms with Gasteiger partial charge in [0.25, 0.3) is 0 Å². The second kappa shape index (κ2) is 7.25. The lowest BCUT2D eigenvalue weighted by Gasteiger charge is -2.33. The lowest BCUT2D eigenvalue weighted by molar-refractivity contribution is -0.137. The molecule has 0 saturated carbocycles. The van der Waals surface area contributed by atoms with Gasteiger partial charge < -0.3 is 14.4 Å². The second-order valence-electron chi connectivity index (χ2n) is 9.80. The molecule has 3 atom stereocenters. The van der Waals surface area contributed by atoms with Crippen LogP contribution < -0.4 is 0 Å². The zero-order chi connectivity index (χ0) is 21.8. The van der Waals surface area contributed by atoms with Crippen molar-refractivity contribution in [3.63, 3.8) is 0 Å². The molecule has 5 nitrogen and oxygen atoms in total. The number of nitrogens with zero attached hydrogens (tertiary/aromatic N) is 2. The van der Waals surface area contributed by atoms with E-state index in [0.717, 1.165) is 49.4 Å². The molecule has 0 aliphatic carbocycles. The quantitative estimate of drug-likeness (QED) is 0.773. The van der Waals surface area contributed by atoms with Gasteiger partial charge in [-0.05, 0) is 76.4 Å². The maximum absolute atomic E-state index is 13.6. The molecular weight excluding hydrogens is 388 g/mol. The first-order chi connectivity index (χ1) is 14.8. The van der Waals surface area contributed by atoms with E-state index in [9.17, 15) is 9.90 Å². The van der Waals surface area contributed by atoms with Gasteiger partial charge in [-0.2, -0.15) is 0 Å². The van der Waals surface area contributed by atoms with Crippen molar-refractivity contribution in [2.45, 2.75) is 63.8 Å². The van der Waals surface area contributed by atoms with E-state index in [1.807, 2.05) is 36.1 Å². The number of carbonyl (C=O) groups excluding carboxylic acids is 1. The maximum Gasteiger partial charge on any atom is 0.243 e. The number of hydrogen-bond acceptors (Lipinski definition) is 4. The van der Waals surface area contributed by atoms with Gasteiger partial charge in [0, 0.05) is 24.1 Å². The summed E-state index contributed by atoms with van der Waals surface area (Å²) >= 11 is 0. The van der Waals surface area contributed by atoms with Gasteiger partial charge in [0.1, 0.15) is 22.7 Å². The minimum absolute atomic E-state index is 0.277.